The smallest absolute Gasteiger partial charge is 0.141 e. The molecule has 2 aromatic carbocycles. The molecule has 0 fully saturated rings. The summed E-state index contributed by atoms with van der Waals surface area (Å²) in [5.74, 6) is 0. The molecule has 0 saturated heterocycles. The summed E-state index contributed by atoms with van der Waals surface area (Å²) in [5, 5.41) is 11.6. The number of rotatable bonds is 2. The molecule has 0 amide bonds. The lowest BCUT2D eigenvalue weighted by Crippen LogP contribution is -1.89. The maximum Gasteiger partial charge on any atom is 0.141 e. The van der Waals surface area contributed by atoms with E-state index in [9.17, 15) is 0 Å². The summed E-state index contributed by atoms with van der Waals surface area (Å²) in [6, 6.07) is 26.7. The lowest BCUT2D eigenvalue weighted by molar-refractivity contribution is 1.25. The van der Waals surface area contributed by atoms with Gasteiger partial charge in [0.05, 0.1) is 11.4 Å². The number of hydrogen-bond donors (Lipinski definition) is 0. The van der Waals surface area contributed by atoms with E-state index in [-0.39, 0.29) is 0 Å². The van der Waals surface area contributed by atoms with Crippen LogP contribution in [0.2, 0.25) is 0 Å². The summed E-state index contributed by atoms with van der Waals surface area (Å²) in [7, 11) is 0. The first-order valence-corrected chi connectivity index (χ1v) is 9.39. The van der Waals surface area contributed by atoms with Crippen LogP contribution in [0, 0.1) is 11.3 Å². The Morgan fingerprint density at radius 2 is 1.52 bits per heavy atom. The van der Waals surface area contributed by atoms with Crippen LogP contribution < -0.4 is 0 Å². The van der Waals surface area contributed by atoms with E-state index in [1.165, 1.54) is 20.2 Å². The van der Waals surface area contributed by atoms with Gasteiger partial charge in [-0.15, -0.1) is 11.3 Å². The van der Waals surface area contributed by atoms with Crippen LogP contribution in [0.1, 0.15) is 5.69 Å². The van der Waals surface area contributed by atoms with E-state index < -0.39 is 0 Å². The molecule has 0 aliphatic rings. The molecule has 4 heteroatoms. The predicted octanol–water partition coefficient (Wildman–Crippen LogP) is 6.05. The zero-order valence-electron chi connectivity index (χ0n) is 14.3. The Kier molecular flexibility index (Phi) is 3.67. The van der Waals surface area contributed by atoms with Gasteiger partial charge >= 0.3 is 0 Å². The first-order valence-electron chi connectivity index (χ1n) is 8.57. The first kappa shape index (κ1) is 15.7. The van der Waals surface area contributed by atoms with Crippen molar-refractivity contribution < 1.29 is 0 Å². The molecule has 5 rings (SSSR count). The van der Waals surface area contributed by atoms with Crippen molar-refractivity contribution in [3.05, 3.63) is 84.7 Å². The van der Waals surface area contributed by atoms with Crippen LogP contribution in [-0.2, 0) is 0 Å². The van der Waals surface area contributed by atoms with Gasteiger partial charge in [-0.05, 0) is 42.5 Å². The number of benzene rings is 2. The molecule has 0 aliphatic carbocycles. The molecule has 0 radical (unpaired) electrons. The van der Waals surface area contributed by atoms with Gasteiger partial charge in [0.2, 0.25) is 0 Å². The lowest BCUT2D eigenvalue weighted by Gasteiger charge is -2.06. The largest absolute Gasteiger partial charge is 0.248 e. The standard InChI is InChI=1S/C23H13N3S/c24-14-17-12-16(10-11-25-17)21-6-3-5-20(26-21)15-8-9-23-19(13-15)18-4-1-2-7-22(18)27-23/h1-13H. The number of aromatic nitrogens is 2. The second-order valence-corrected chi connectivity index (χ2v) is 7.34. The molecule has 126 valence electrons. The quantitative estimate of drug-likeness (QED) is 0.383. The summed E-state index contributed by atoms with van der Waals surface area (Å²) >= 11 is 1.81. The Labute approximate surface area is 160 Å². The molecule has 3 heterocycles. The topological polar surface area (TPSA) is 49.6 Å². The van der Waals surface area contributed by atoms with Gasteiger partial charge in [-0.3, -0.25) is 0 Å². The van der Waals surface area contributed by atoms with Crippen molar-refractivity contribution in [2.75, 3.05) is 0 Å². The molecule has 0 saturated carbocycles. The summed E-state index contributed by atoms with van der Waals surface area (Å²) in [4.78, 5) is 8.86. The van der Waals surface area contributed by atoms with E-state index in [4.69, 9.17) is 10.2 Å². The number of thiophene rings is 1. The minimum Gasteiger partial charge on any atom is -0.248 e. The van der Waals surface area contributed by atoms with E-state index in [0.717, 1.165) is 22.5 Å². The zero-order chi connectivity index (χ0) is 18.2. The van der Waals surface area contributed by atoms with Crippen molar-refractivity contribution in [3.63, 3.8) is 0 Å². The lowest BCUT2D eigenvalue weighted by atomic mass is 10.1. The summed E-state index contributed by atoms with van der Waals surface area (Å²) in [6.07, 6.45) is 1.64. The fraction of sp³-hybridized carbons (Fsp3) is 0. The van der Waals surface area contributed by atoms with Crippen LogP contribution in [0.4, 0.5) is 0 Å². The zero-order valence-corrected chi connectivity index (χ0v) is 15.1. The second kappa shape index (κ2) is 6.31. The monoisotopic (exact) mass is 363 g/mol. The maximum atomic E-state index is 9.08. The molecule has 0 bridgehead atoms. The fourth-order valence-electron chi connectivity index (χ4n) is 3.29. The molecular formula is C23H13N3S. The van der Waals surface area contributed by atoms with E-state index in [0.29, 0.717) is 5.69 Å². The van der Waals surface area contributed by atoms with E-state index in [2.05, 4.69) is 53.5 Å². The van der Waals surface area contributed by atoms with E-state index in [1.54, 1.807) is 12.3 Å². The Hall–Kier alpha value is -3.55. The fourth-order valence-corrected chi connectivity index (χ4v) is 4.38. The number of pyridine rings is 2. The van der Waals surface area contributed by atoms with E-state index in [1.807, 2.05) is 35.6 Å². The van der Waals surface area contributed by atoms with Gasteiger partial charge in [-0.1, -0.05) is 30.3 Å². The van der Waals surface area contributed by atoms with Crippen LogP contribution in [-0.4, -0.2) is 9.97 Å². The minimum absolute atomic E-state index is 0.394. The van der Waals surface area contributed by atoms with Gasteiger partial charge in [0.1, 0.15) is 11.8 Å². The first-order chi connectivity index (χ1) is 13.3. The van der Waals surface area contributed by atoms with Gasteiger partial charge in [0, 0.05) is 37.5 Å². The third-order valence-electron chi connectivity index (χ3n) is 4.59. The van der Waals surface area contributed by atoms with Gasteiger partial charge in [0.15, 0.2) is 0 Å². The molecule has 0 spiro atoms. The Bertz CT molecular complexity index is 1340. The molecule has 0 aliphatic heterocycles. The van der Waals surface area contributed by atoms with E-state index >= 15 is 0 Å². The molecule has 3 aromatic heterocycles. The molecule has 27 heavy (non-hydrogen) atoms. The number of nitrogens with zero attached hydrogens (tertiary/aromatic N) is 3. The van der Waals surface area contributed by atoms with Crippen molar-refractivity contribution in [2.45, 2.75) is 0 Å². The molecule has 3 nitrogen and oxygen atoms in total. The highest BCUT2D eigenvalue weighted by Gasteiger charge is 2.09. The molecule has 0 N–H and O–H groups in total. The normalized spacial score (nSPS) is 10.9. The SMILES string of the molecule is N#Cc1cc(-c2cccc(-c3ccc4sc5ccccc5c4c3)n2)ccn1. The van der Waals surface area contributed by atoms with Gasteiger partial charge < -0.3 is 0 Å². The highest BCUT2D eigenvalue weighted by Crippen LogP contribution is 2.36. The summed E-state index contributed by atoms with van der Waals surface area (Å²) in [5.41, 5.74) is 4.13. The molecule has 0 atom stereocenters. The van der Waals surface area contributed by atoms with Gasteiger partial charge in [-0.25, -0.2) is 9.97 Å². The average molecular weight is 363 g/mol. The highest BCUT2D eigenvalue weighted by atomic mass is 32.1. The summed E-state index contributed by atoms with van der Waals surface area (Å²) < 4.78 is 2.58. The Morgan fingerprint density at radius 3 is 2.37 bits per heavy atom. The van der Waals surface area contributed by atoms with Crippen molar-refractivity contribution >= 4 is 31.5 Å². The number of fused-ring (bicyclic) bond motifs is 3. The van der Waals surface area contributed by atoms with Crippen LogP contribution in [0.5, 0.6) is 0 Å². The van der Waals surface area contributed by atoms with Crippen molar-refractivity contribution in [2.24, 2.45) is 0 Å². The molecular weight excluding hydrogens is 350 g/mol. The van der Waals surface area contributed by atoms with Crippen LogP contribution in [0.15, 0.2) is 79.0 Å². The molecule has 5 aromatic rings. The predicted molar refractivity (Wildman–Crippen MR) is 111 cm³/mol. The van der Waals surface area contributed by atoms with Crippen LogP contribution in [0.25, 0.3) is 42.7 Å². The highest BCUT2D eigenvalue weighted by molar-refractivity contribution is 7.25. The summed E-state index contributed by atoms with van der Waals surface area (Å²) in [6.45, 7) is 0. The third kappa shape index (κ3) is 2.75. The van der Waals surface area contributed by atoms with Crippen LogP contribution in [0.3, 0.4) is 0 Å². The van der Waals surface area contributed by atoms with Gasteiger partial charge in [-0.2, -0.15) is 5.26 Å². The van der Waals surface area contributed by atoms with Crippen molar-refractivity contribution in [1.29, 1.82) is 5.26 Å². The van der Waals surface area contributed by atoms with Crippen molar-refractivity contribution in [1.82, 2.24) is 9.97 Å². The van der Waals surface area contributed by atoms with Crippen molar-refractivity contribution in [3.8, 4) is 28.6 Å². The Balaban J connectivity index is 1.64. The maximum absolute atomic E-state index is 9.08. The minimum atomic E-state index is 0.394. The van der Waals surface area contributed by atoms with Gasteiger partial charge in [0.25, 0.3) is 0 Å². The Morgan fingerprint density at radius 1 is 0.741 bits per heavy atom. The second-order valence-electron chi connectivity index (χ2n) is 6.26. The molecule has 0 unspecified atom stereocenters. The van der Waals surface area contributed by atoms with Crippen LogP contribution >= 0.6 is 11.3 Å². The average Bonchev–Trinajstić information content (AvgIpc) is 3.12. The number of hydrogen-bond acceptors (Lipinski definition) is 4. The third-order valence-corrected chi connectivity index (χ3v) is 5.74. The number of nitriles is 1.